The van der Waals surface area contributed by atoms with Crippen LogP contribution in [0.2, 0.25) is 0 Å². The number of furan rings is 2. The van der Waals surface area contributed by atoms with Crippen molar-refractivity contribution in [2.24, 2.45) is 0 Å². The molecule has 0 aliphatic heterocycles. The van der Waals surface area contributed by atoms with Crippen LogP contribution in [-0.4, -0.2) is 0 Å². The van der Waals surface area contributed by atoms with Crippen LogP contribution in [0.4, 0.5) is 34.1 Å². The lowest BCUT2D eigenvalue weighted by Crippen LogP contribution is -2.10. The van der Waals surface area contributed by atoms with E-state index in [9.17, 15) is 0 Å². The zero-order valence-corrected chi connectivity index (χ0v) is 55.5. The maximum Gasteiger partial charge on any atom is 0.143 e. The summed E-state index contributed by atoms with van der Waals surface area (Å²) in [4.78, 5) is 4.76. The standard InChI is InChI=1S/C52H33NO.C46H29NO/c1-4-14-43-36(10-1)12-9-18-50(43)53(41-30-26-38-27-31-47-46-17-7-8-19-51(46)54-52(47)49(38)33-41)40-28-24-35(25-29-40)34-20-22-37(23-21-34)48-32-39-11-2-3-13-42(39)44-15-5-6-16-45(44)48;1-4-14-37-30(10-1)12-9-18-44(37)47(35-26-22-32-23-27-41-40-17-7-8-19-45(40)48-46(41)43(32)29-35)34-24-20-31(21-25-34)42-28-33-11-2-3-13-36(33)38-15-5-6-16-39(38)42/h1-33H;1-29H. The third kappa shape index (κ3) is 9.91. The van der Waals surface area contributed by atoms with Crippen molar-refractivity contribution < 1.29 is 8.83 Å². The molecule has 4 nitrogen and oxygen atoms in total. The molecule has 0 aliphatic carbocycles. The Balaban J connectivity index is 0.000000138. The summed E-state index contributed by atoms with van der Waals surface area (Å²) in [6, 6.07) is 136. The van der Waals surface area contributed by atoms with Gasteiger partial charge in [-0.15, -0.1) is 0 Å². The molecule has 0 amide bonds. The fourth-order valence-corrected chi connectivity index (χ4v) is 15.9. The quantitative estimate of drug-likeness (QED) is 0.135. The molecule has 0 bridgehead atoms. The average molecular weight is 1300 g/mol. The van der Waals surface area contributed by atoms with Gasteiger partial charge in [-0.1, -0.05) is 279 Å². The van der Waals surface area contributed by atoms with Crippen molar-refractivity contribution in [1.82, 2.24) is 0 Å². The molecular weight excluding hydrogens is 1240 g/mol. The van der Waals surface area contributed by atoms with E-state index in [0.29, 0.717) is 0 Å². The van der Waals surface area contributed by atoms with Gasteiger partial charge >= 0.3 is 0 Å². The second kappa shape index (κ2) is 24.2. The van der Waals surface area contributed by atoms with E-state index in [1.807, 2.05) is 24.3 Å². The van der Waals surface area contributed by atoms with Crippen molar-refractivity contribution in [2.45, 2.75) is 0 Å². The van der Waals surface area contributed by atoms with Crippen LogP contribution in [0.25, 0.3) is 163 Å². The molecule has 102 heavy (non-hydrogen) atoms. The summed E-state index contributed by atoms with van der Waals surface area (Å²) in [5, 5.41) is 24.1. The number of hydrogen-bond donors (Lipinski definition) is 0. The molecule has 0 aliphatic rings. The Bertz CT molecular complexity index is 6870. The summed E-state index contributed by atoms with van der Waals surface area (Å²) in [5.74, 6) is 0. The number of hydrogen-bond acceptors (Lipinski definition) is 4. The Morgan fingerprint density at radius 2 is 0.471 bits per heavy atom. The van der Waals surface area contributed by atoms with Crippen molar-refractivity contribution in [1.29, 1.82) is 0 Å². The lowest BCUT2D eigenvalue weighted by molar-refractivity contribution is 0.672. The fourth-order valence-electron chi connectivity index (χ4n) is 15.9. The van der Waals surface area contributed by atoms with Crippen LogP contribution in [-0.2, 0) is 0 Å². The third-order valence-corrected chi connectivity index (χ3v) is 20.8. The number of nitrogens with zero attached hydrogens (tertiary/aromatic N) is 2. The highest BCUT2D eigenvalue weighted by Crippen LogP contribution is 2.47. The van der Waals surface area contributed by atoms with E-state index in [2.05, 4.69) is 362 Å². The van der Waals surface area contributed by atoms with E-state index in [4.69, 9.17) is 8.83 Å². The second-order valence-electron chi connectivity index (χ2n) is 26.6. The highest BCUT2D eigenvalue weighted by Gasteiger charge is 2.22. The Morgan fingerprint density at radius 3 is 0.912 bits per heavy atom. The molecule has 21 rings (SSSR count). The van der Waals surface area contributed by atoms with E-state index in [1.54, 1.807) is 0 Å². The minimum absolute atomic E-state index is 0.908. The SMILES string of the molecule is c1ccc2c(N(c3ccc(-c4cc5ccccc5c5ccccc45)cc3)c3ccc4ccc5c6ccccc6oc5c4c3)cccc2c1.c1ccc2c(N(c3ccc(-c4ccc(-c5cc6ccccc6c6ccccc56)cc4)cc3)c3ccc4ccc5c6ccccc6oc5c4c3)cccc2c1. The van der Waals surface area contributed by atoms with Crippen LogP contribution in [0.15, 0.2) is 385 Å². The maximum atomic E-state index is 6.50. The second-order valence-corrected chi connectivity index (χ2v) is 26.6. The molecule has 2 aromatic heterocycles. The summed E-state index contributed by atoms with van der Waals surface area (Å²) in [7, 11) is 0. The number of para-hydroxylation sites is 2. The Labute approximate surface area is 588 Å². The molecule has 0 N–H and O–H groups in total. The molecule has 0 unspecified atom stereocenters. The van der Waals surface area contributed by atoms with E-state index in [0.717, 1.165) is 99.5 Å². The number of anilines is 6. The molecule has 0 radical (unpaired) electrons. The van der Waals surface area contributed by atoms with Gasteiger partial charge in [-0.25, -0.2) is 0 Å². The van der Waals surface area contributed by atoms with Gasteiger partial charge in [0.25, 0.3) is 0 Å². The van der Waals surface area contributed by atoms with Gasteiger partial charge in [-0.05, 0) is 195 Å². The van der Waals surface area contributed by atoms with Crippen LogP contribution in [0.5, 0.6) is 0 Å². The number of benzene rings is 19. The predicted molar refractivity (Wildman–Crippen MR) is 433 cm³/mol. The third-order valence-electron chi connectivity index (χ3n) is 20.8. The van der Waals surface area contributed by atoms with Crippen LogP contribution in [0.1, 0.15) is 0 Å². The number of rotatable bonds is 9. The van der Waals surface area contributed by atoms with Gasteiger partial charge in [0.15, 0.2) is 0 Å². The van der Waals surface area contributed by atoms with Gasteiger partial charge in [-0.2, -0.15) is 0 Å². The molecule has 0 saturated carbocycles. The first kappa shape index (κ1) is 58.6. The number of fused-ring (bicyclic) bond motifs is 18. The van der Waals surface area contributed by atoms with Crippen LogP contribution in [0, 0.1) is 0 Å². The molecule has 21 aromatic rings. The molecule has 476 valence electrons. The fraction of sp³-hybridized carbons (Fsp3) is 0. The van der Waals surface area contributed by atoms with E-state index < -0.39 is 0 Å². The maximum absolute atomic E-state index is 6.50. The molecule has 2 heterocycles. The summed E-state index contributed by atoms with van der Waals surface area (Å²) >= 11 is 0. The molecule has 19 aromatic carbocycles. The largest absolute Gasteiger partial charge is 0.455 e. The molecule has 0 fully saturated rings. The Morgan fingerprint density at radius 1 is 0.167 bits per heavy atom. The lowest BCUT2D eigenvalue weighted by atomic mass is 9.92. The van der Waals surface area contributed by atoms with Gasteiger partial charge in [0.05, 0.1) is 11.4 Å². The zero-order valence-electron chi connectivity index (χ0n) is 55.5. The molecule has 0 saturated heterocycles. The smallest absolute Gasteiger partial charge is 0.143 e. The van der Waals surface area contributed by atoms with E-state index >= 15 is 0 Å². The first-order chi connectivity index (χ1) is 50.6. The molecular formula is C98H62N2O2. The van der Waals surface area contributed by atoms with Gasteiger partial charge in [-0.3, -0.25) is 0 Å². The minimum Gasteiger partial charge on any atom is -0.455 e. The highest BCUT2D eigenvalue weighted by molar-refractivity contribution is 6.19. The Hall–Kier alpha value is -13.5. The van der Waals surface area contributed by atoms with Crippen molar-refractivity contribution in [3.8, 4) is 33.4 Å². The average Bonchev–Trinajstić information content (AvgIpc) is 1.12. The van der Waals surface area contributed by atoms with Gasteiger partial charge in [0.2, 0.25) is 0 Å². The molecule has 4 heteroatoms. The topological polar surface area (TPSA) is 32.8 Å². The normalized spacial score (nSPS) is 11.7. The molecule has 0 atom stereocenters. The van der Waals surface area contributed by atoms with E-state index in [1.165, 1.54) is 98.0 Å². The first-order valence-electron chi connectivity index (χ1n) is 34.9. The summed E-state index contributed by atoms with van der Waals surface area (Å²) in [5.41, 5.74) is 17.5. The lowest BCUT2D eigenvalue weighted by Gasteiger charge is -2.27. The van der Waals surface area contributed by atoms with Gasteiger partial charge in [0, 0.05) is 65.8 Å². The summed E-state index contributed by atoms with van der Waals surface area (Å²) in [6.45, 7) is 0. The molecule has 0 spiro atoms. The van der Waals surface area contributed by atoms with Gasteiger partial charge in [0.1, 0.15) is 22.3 Å². The van der Waals surface area contributed by atoms with Crippen molar-refractivity contribution in [3.63, 3.8) is 0 Å². The first-order valence-corrected chi connectivity index (χ1v) is 34.9. The Kier molecular flexibility index (Phi) is 13.9. The minimum atomic E-state index is 0.908. The summed E-state index contributed by atoms with van der Waals surface area (Å²) < 4.78 is 13.0. The monoisotopic (exact) mass is 1300 g/mol. The summed E-state index contributed by atoms with van der Waals surface area (Å²) in [6.07, 6.45) is 0. The van der Waals surface area contributed by atoms with Crippen LogP contribution < -0.4 is 9.80 Å². The van der Waals surface area contributed by atoms with Crippen molar-refractivity contribution >= 4 is 164 Å². The zero-order chi connectivity index (χ0) is 67.2. The van der Waals surface area contributed by atoms with Crippen molar-refractivity contribution in [3.05, 3.63) is 376 Å². The van der Waals surface area contributed by atoms with Crippen molar-refractivity contribution in [2.75, 3.05) is 9.80 Å². The van der Waals surface area contributed by atoms with E-state index in [-0.39, 0.29) is 0 Å². The predicted octanol–water partition coefficient (Wildman–Crippen LogP) is 28.3. The van der Waals surface area contributed by atoms with Crippen LogP contribution in [0.3, 0.4) is 0 Å². The highest BCUT2D eigenvalue weighted by atomic mass is 16.3. The van der Waals surface area contributed by atoms with Gasteiger partial charge < -0.3 is 18.6 Å². The van der Waals surface area contributed by atoms with Crippen LogP contribution >= 0.6 is 0 Å².